The van der Waals surface area contributed by atoms with Crippen molar-refractivity contribution >= 4 is 21.4 Å². The summed E-state index contributed by atoms with van der Waals surface area (Å²) in [4.78, 5) is 0. The highest BCUT2D eigenvalue weighted by Gasteiger charge is 2.11. The molecule has 5 heteroatoms. The number of hydrogen-bond acceptors (Lipinski definition) is 3. The highest BCUT2D eigenvalue weighted by molar-refractivity contribution is 7.90. The van der Waals surface area contributed by atoms with Crippen molar-refractivity contribution in [2.45, 2.75) is 25.8 Å². The molecule has 0 saturated heterocycles. The lowest BCUT2D eigenvalue weighted by atomic mass is 9.99. The molecule has 0 saturated carbocycles. The van der Waals surface area contributed by atoms with Gasteiger partial charge in [0.25, 0.3) is 0 Å². The summed E-state index contributed by atoms with van der Waals surface area (Å²) in [5.74, 6) is 0.181. The van der Waals surface area contributed by atoms with Crippen LogP contribution in [0.1, 0.15) is 30.0 Å². The summed E-state index contributed by atoms with van der Waals surface area (Å²) in [5.41, 5.74) is 8.12. The monoisotopic (exact) mass is 275 g/mol. The Balaban J connectivity index is 2.64. The smallest absolute Gasteiger partial charge is 0.147 e. The van der Waals surface area contributed by atoms with Gasteiger partial charge in [0.15, 0.2) is 0 Å². The molecular formula is C12H18ClNO2S. The molecule has 2 N–H and O–H groups in total. The summed E-state index contributed by atoms with van der Waals surface area (Å²) >= 11 is 5.92. The van der Waals surface area contributed by atoms with Crippen LogP contribution in [0.25, 0.3) is 0 Å². The molecule has 0 amide bonds. The van der Waals surface area contributed by atoms with E-state index >= 15 is 0 Å². The van der Waals surface area contributed by atoms with E-state index in [-0.39, 0.29) is 11.8 Å². The van der Waals surface area contributed by atoms with E-state index in [1.807, 2.05) is 25.1 Å². The van der Waals surface area contributed by atoms with E-state index in [4.69, 9.17) is 17.3 Å². The van der Waals surface area contributed by atoms with Crippen LogP contribution in [-0.4, -0.2) is 20.4 Å². The summed E-state index contributed by atoms with van der Waals surface area (Å²) in [6.07, 6.45) is 2.46. The summed E-state index contributed by atoms with van der Waals surface area (Å²) in [6, 6.07) is 5.44. The number of nitrogens with two attached hydrogens (primary N) is 1. The highest BCUT2D eigenvalue weighted by atomic mass is 35.5. The molecule has 1 aromatic carbocycles. The van der Waals surface area contributed by atoms with Crippen LogP contribution in [0.5, 0.6) is 0 Å². The average molecular weight is 276 g/mol. The lowest BCUT2D eigenvalue weighted by molar-refractivity contribution is 0.587. The average Bonchev–Trinajstić information content (AvgIpc) is 2.19. The maximum atomic E-state index is 11.0. The largest absolute Gasteiger partial charge is 0.324 e. The number of rotatable bonds is 5. The minimum atomic E-state index is -2.90. The van der Waals surface area contributed by atoms with Gasteiger partial charge in [0.05, 0.1) is 0 Å². The standard InChI is InChI=1S/C12H18ClNO2S/c1-9-5-6-10(13)8-11(9)12(14)4-3-7-17(2,15)16/h5-6,8,12H,3-4,7,14H2,1-2H3. The third-order valence-electron chi connectivity index (χ3n) is 2.67. The van der Waals surface area contributed by atoms with Crippen molar-refractivity contribution in [2.75, 3.05) is 12.0 Å². The fraction of sp³-hybridized carbons (Fsp3) is 0.500. The third kappa shape index (κ3) is 5.06. The Morgan fingerprint density at radius 3 is 2.65 bits per heavy atom. The zero-order valence-electron chi connectivity index (χ0n) is 10.1. The molecule has 96 valence electrons. The first-order valence-electron chi connectivity index (χ1n) is 5.49. The second kappa shape index (κ2) is 5.85. The molecule has 17 heavy (non-hydrogen) atoms. The van der Waals surface area contributed by atoms with Crippen LogP contribution >= 0.6 is 11.6 Å². The molecular weight excluding hydrogens is 258 g/mol. The van der Waals surface area contributed by atoms with Gasteiger partial charge >= 0.3 is 0 Å². The Morgan fingerprint density at radius 2 is 2.06 bits per heavy atom. The molecule has 0 heterocycles. The van der Waals surface area contributed by atoms with Crippen LogP contribution < -0.4 is 5.73 Å². The van der Waals surface area contributed by atoms with Crippen LogP contribution in [0.15, 0.2) is 18.2 Å². The Morgan fingerprint density at radius 1 is 1.41 bits per heavy atom. The van der Waals surface area contributed by atoms with Crippen molar-refractivity contribution in [3.05, 3.63) is 34.3 Å². The quantitative estimate of drug-likeness (QED) is 0.898. The Hall–Kier alpha value is -0.580. The molecule has 0 radical (unpaired) electrons. The summed E-state index contributed by atoms with van der Waals surface area (Å²) in [5, 5.41) is 0.657. The van der Waals surface area contributed by atoms with Gasteiger partial charge in [0.2, 0.25) is 0 Å². The Kier molecular flexibility index (Phi) is 4.98. The van der Waals surface area contributed by atoms with Crippen LogP contribution in [-0.2, 0) is 9.84 Å². The van der Waals surface area contributed by atoms with E-state index in [0.717, 1.165) is 11.1 Å². The number of hydrogen-bond donors (Lipinski definition) is 1. The van der Waals surface area contributed by atoms with E-state index in [1.165, 1.54) is 6.26 Å². The zero-order chi connectivity index (χ0) is 13.1. The third-order valence-corrected chi connectivity index (χ3v) is 3.94. The molecule has 0 aromatic heterocycles. The minimum absolute atomic E-state index is 0.157. The maximum absolute atomic E-state index is 11.0. The molecule has 1 rings (SSSR count). The molecule has 0 aliphatic rings. The lowest BCUT2D eigenvalue weighted by Crippen LogP contribution is -2.14. The van der Waals surface area contributed by atoms with Gasteiger partial charge in [-0.3, -0.25) is 0 Å². The van der Waals surface area contributed by atoms with E-state index in [9.17, 15) is 8.42 Å². The van der Waals surface area contributed by atoms with Gasteiger partial charge in [-0.25, -0.2) is 8.42 Å². The van der Waals surface area contributed by atoms with Crippen molar-refractivity contribution in [2.24, 2.45) is 5.73 Å². The van der Waals surface area contributed by atoms with Gasteiger partial charge in [-0.2, -0.15) is 0 Å². The Labute approximate surface area is 108 Å². The second-order valence-corrected chi connectivity index (χ2v) is 7.08. The van der Waals surface area contributed by atoms with E-state index in [0.29, 0.717) is 17.9 Å². The van der Waals surface area contributed by atoms with Crippen molar-refractivity contribution in [1.82, 2.24) is 0 Å². The first kappa shape index (κ1) is 14.5. The molecule has 0 aliphatic carbocycles. The molecule has 0 spiro atoms. The fourth-order valence-corrected chi connectivity index (χ4v) is 2.60. The first-order valence-corrected chi connectivity index (χ1v) is 7.93. The number of aryl methyl sites for hydroxylation is 1. The van der Waals surface area contributed by atoms with Crippen molar-refractivity contribution in [1.29, 1.82) is 0 Å². The van der Waals surface area contributed by atoms with Gasteiger partial charge in [-0.05, 0) is 43.0 Å². The van der Waals surface area contributed by atoms with Gasteiger partial charge in [-0.1, -0.05) is 17.7 Å². The number of benzene rings is 1. The number of sulfone groups is 1. The summed E-state index contributed by atoms with van der Waals surface area (Å²) < 4.78 is 22.0. The molecule has 0 bridgehead atoms. The molecule has 0 fully saturated rings. The van der Waals surface area contributed by atoms with Gasteiger partial charge in [0.1, 0.15) is 9.84 Å². The lowest BCUT2D eigenvalue weighted by Gasteiger charge is -2.14. The van der Waals surface area contributed by atoms with Crippen LogP contribution in [0, 0.1) is 6.92 Å². The molecule has 1 unspecified atom stereocenters. The normalized spacial score (nSPS) is 13.6. The van der Waals surface area contributed by atoms with Crippen LogP contribution in [0.2, 0.25) is 5.02 Å². The predicted octanol–water partition coefficient (Wildman–Crippen LogP) is 2.47. The Bertz CT molecular complexity index is 485. The fourth-order valence-electron chi connectivity index (χ4n) is 1.73. The SMILES string of the molecule is Cc1ccc(Cl)cc1C(N)CCCS(C)(=O)=O. The topological polar surface area (TPSA) is 60.2 Å². The predicted molar refractivity (Wildman–Crippen MR) is 72.1 cm³/mol. The van der Waals surface area contributed by atoms with E-state index < -0.39 is 9.84 Å². The van der Waals surface area contributed by atoms with E-state index in [1.54, 1.807) is 0 Å². The van der Waals surface area contributed by atoms with E-state index in [2.05, 4.69) is 0 Å². The first-order chi connectivity index (χ1) is 7.79. The van der Waals surface area contributed by atoms with Crippen molar-refractivity contribution < 1.29 is 8.42 Å². The maximum Gasteiger partial charge on any atom is 0.147 e. The molecule has 1 aromatic rings. The minimum Gasteiger partial charge on any atom is -0.324 e. The molecule has 3 nitrogen and oxygen atoms in total. The van der Waals surface area contributed by atoms with Crippen molar-refractivity contribution in [3.63, 3.8) is 0 Å². The van der Waals surface area contributed by atoms with Gasteiger partial charge in [-0.15, -0.1) is 0 Å². The molecule has 1 atom stereocenters. The highest BCUT2D eigenvalue weighted by Crippen LogP contribution is 2.23. The van der Waals surface area contributed by atoms with Crippen molar-refractivity contribution in [3.8, 4) is 0 Å². The van der Waals surface area contributed by atoms with Gasteiger partial charge < -0.3 is 5.73 Å². The zero-order valence-corrected chi connectivity index (χ0v) is 11.7. The summed E-state index contributed by atoms with van der Waals surface area (Å²) in [7, 11) is -2.90. The molecule has 0 aliphatic heterocycles. The second-order valence-electron chi connectivity index (χ2n) is 4.38. The van der Waals surface area contributed by atoms with Crippen LogP contribution in [0.3, 0.4) is 0 Å². The number of halogens is 1. The van der Waals surface area contributed by atoms with Gasteiger partial charge in [0, 0.05) is 23.1 Å². The van der Waals surface area contributed by atoms with Crippen LogP contribution in [0.4, 0.5) is 0 Å². The summed E-state index contributed by atoms with van der Waals surface area (Å²) in [6.45, 7) is 1.97.